The maximum absolute atomic E-state index is 14.2. The van der Waals surface area contributed by atoms with Crippen LogP contribution in [0.1, 0.15) is 16.8 Å². The number of rotatable bonds is 7. The number of aliphatic imine (C=N–C) groups is 1. The smallest absolute Gasteiger partial charge is 0.378 e. The zero-order valence-corrected chi connectivity index (χ0v) is 24.0. The summed E-state index contributed by atoms with van der Waals surface area (Å²) >= 11 is 0. The van der Waals surface area contributed by atoms with E-state index in [0.29, 0.717) is 55.0 Å². The van der Waals surface area contributed by atoms with Crippen molar-refractivity contribution < 1.29 is 26.3 Å². The largest absolute Gasteiger partial charge is 0.416 e. The second-order valence-electron chi connectivity index (χ2n) is 10.4. The molecule has 41 heavy (non-hydrogen) atoms. The first-order valence-corrected chi connectivity index (χ1v) is 15.1. The predicted molar refractivity (Wildman–Crippen MR) is 151 cm³/mol. The fourth-order valence-corrected chi connectivity index (χ4v) is 6.14. The molecule has 0 bridgehead atoms. The van der Waals surface area contributed by atoms with Gasteiger partial charge in [-0.3, -0.25) is 4.90 Å². The predicted octanol–water partition coefficient (Wildman–Crippen LogP) is 3.09. The molecule has 2 aliphatic rings. The van der Waals surface area contributed by atoms with Gasteiger partial charge < -0.3 is 19.9 Å². The van der Waals surface area contributed by atoms with Crippen molar-refractivity contribution in [2.75, 3.05) is 75.2 Å². The number of hydrogen-bond acceptors (Lipinski definition) is 9. The molecule has 3 aromatic rings. The topological polar surface area (TPSA) is 108 Å². The molecule has 2 saturated heterocycles. The summed E-state index contributed by atoms with van der Waals surface area (Å²) in [5.41, 5.74) is 1.05. The van der Waals surface area contributed by atoms with E-state index in [9.17, 15) is 21.6 Å². The lowest BCUT2D eigenvalue weighted by Gasteiger charge is -2.29. The lowest BCUT2D eigenvalue weighted by Crippen LogP contribution is -2.40. The van der Waals surface area contributed by atoms with Crippen LogP contribution >= 0.6 is 0 Å². The first-order valence-electron chi connectivity index (χ1n) is 13.2. The van der Waals surface area contributed by atoms with Gasteiger partial charge >= 0.3 is 6.18 Å². The third-order valence-corrected chi connectivity index (χ3v) is 8.65. The molecule has 2 aliphatic heterocycles. The molecular weight excluding hydrogens is 561 g/mol. The fourth-order valence-electron chi connectivity index (χ4n) is 4.86. The molecule has 0 radical (unpaired) electrons. The Morgan fingerprint density at radius 3 is 2.51 bits per heavy atom. The van der Waals surface area contributed by atoms with Gasteiger partial charge in [0.2, 0.25) is 0 Å². The number of halogens is 3. The number of ether oxygens (including phenoxy) is 1. The molecule has 222 valence electrons. The van der Waals surface area contributed by atoms with Crippen molar-refractivity contribution in [1.29, 1.82) is 0 Å². The Morgan fingerprint density at radius 1 is 1.15 bits per heavy atom. The molecule has 15 heteroatoms. The molecule has 2 fully saturated rings. The average molecular weight is 595 g/mol. The first-order chi connectivity index (χ1) is 19.4. The molecule has 0 saturated carbocycles. The average Bonchev–Trinajstić information content (AvgIpc) is 3.23. The summed E-state index contributed by atoms with van der Waals surface area (Å²) in [6, 6.07) is 5.83. The van der Waals surface area contributed by atoms with E-state index in [-0.39, 0.29) is 42.4 Å². The highest BCUT2D eigenvalue weighted by molar-refractivity contribution is 7.91. The Kier molecular flexibility index (Phi) is 8.12. The van der Waals surface area contributed by atoms with Crippen LogP contribution < -0.4 is 10.2 Å². The zero-order chi connectivity index (χ0) is 29.4. The number of benzene rings is 1. The normalized spacial score (nSPS) is 18.3. The summed E-state index contributed by atoms with van der Waals surface area (Å²) in [4.78, 5) is 14.9. The minimum absolute atomic E-state index is 0.0313. The number of nitrogens with zero attached hydrogens (tertiary/aromatic N) is 7. The van der Waals surface area contributed by atoms with Gasteiger partial charge in [-0.05, 0) is 19.1 Å². The van der Waals surface area contributed by atoms with Crippen LogP contribution in [0.5, 0.6) is 0 Å². The number of sulfone groups is 1. The van der Waals surface area contributed by atoms with Gasteiger partial charge in [-0.1, -0.05) is 6.07 Å². The van der Waals surface area contributed by atoms with Crippen molar-refractivity contribution in [2.45, 2.75) is 19.6 Å². The van der Waals surface area contributed by atoms with Crippen molar-refractivity contribution >= 4 is 44.8 Å². The van der Waals surface area contributed by atoms with E-state index in [1.807, 2.05) is 20.2 Å². The molecule has 0 aliphatic carbocycles. The molecular formula is C26H33F3N8O3S. The molecule has 0 unspecified atom stereocenters. The second-order valence-corrected chi connectivity index (χ2v) is 12.7. The molecule has 11 nitrogen and oxygen atoms in total. The van der Waals surface area contributed by atoms with E-state index in [1.54, 1.807) is 33.6 Å². The Morgan fingerprint density at radius 2 is 1.85 bits per heavy atom. The second kappa shape index (κ2) is 11.4. The summed E-state index contributed by atoms with van der Waals surface area (Å²) in [6.07, 6.45) is -2.95. The highest BCUT2D eigenvalue weighted by Gasteiger charge is 2.35. The SMILES string of the molecule is Cc1nc2c(/N=C/N(C)C)cc(N3CCOCC3)nn2c1Nc1cccc(C(F)(F)F)c1CN1CCS(=O)(=O)CC1. The summed E-state index contributed by atoms with van der Waals surface area (Å²) < 4.78 is 73.4. The third kappa shape index (κ3) is 6.57. The lowest BCUT2D eigenvalue weighted by atomic mass is 10.0. The minimum atomic E-state index is -4.60. The molecule has 5 rings (SSSR count). The van der Waals surface area contributed by atoms with Crippen LogP contribution in [-0.4, -0.2) is 104 Å². The van der Waals surface area contributed by atoms with Gasteiger partial charge in [0, 0.05) is 64.1 Å². The van der Waals surface area contributed by atoms with Crippen molar-refractivity contribution in [2.24, 2.45) is 4.99 Å². The maximum Gasteiger partial charge on any atom is 0.416 e. The first kappa shape index (κ1) is 29.1. The quantitative estimate of drug-likeness (QED) is 0.326. The van der Waals surface area contributed by atoms with Crippen LogP contribution in [0, 0.1) is 6.92 Å². The number of fused-ring (bicyclic) bond motifs is 1. The van der Waals surface area contributed by atoms with E-state index >= 15 is 0 Å². The number of nitrogens with one attached hydrogen (secondary N) is 1. The van der Waals surface area contributed by atoms with E-state index in [0.717, 1.165) is 6.07 Å². The monoisotopic (exact) mass is 594 g/mol. The van der Waals surface area contributed by atoms with Crippen LogP contribution in [0.2, 0.25) is 0 Å². The fraction of sp³-hybridized carbons (Fsp3) is 0.500. The van der Waals surface area contributed by atoms with Gasteiger partial charge in [-0.2, -0.15) is 17.7 Å². The third-order valence-electron chi connectivity index (χ3n) is 7.04. The molecule has 0 atom stereocenters. The number of anilines is 3. The molecule has 4 heterocycles. The van der Waals surface area contributed by atoms with Gasteiger partial charge in [0.05, 0.1) is 42.3 Å². The van der Waals surface area contributed by atoms with E-state index in [1.165, 1.54) is 6.07 Å². The van der Waals surface area contributed by atoms with E-state index in [2.05, 4.69) is 20.2 Å². The van der Waals surface area contributed by atoms with Crippen molar-refractivity contribution in [1.82, 2.24) is 24.4 Å². The number of aromatic nitrogens is 3. The number of imidazole rings is 1. The van der Waals surface area contributed by atoms with Gasteiger partial charge in [0.1, 0.15) is 5.69 Å². The number of morpholine rings is 1. The van der Waals surface area contributed by atoms with E-state index in [4.69, 9.17) is 9.84 Å². The van der Waals surface area contributed by atoms with Gasteiger partial charge in [0.25, 0.3) is 0 Å². The van der Waals surface area contributed by atoms with Crippen LogP contribution in [0.4, 0.5) is 36.2 Å². The molecule has 2 aromatic heterocycles. The molecule has 0 amide bonds. The standard InChI is InChI=1S/C26H33F3N8O3S/c1-18-24(37-25(31-18)22(30-17-34(2)3)15-23(33-37)36-7-11-40-12-8-36)32-21-6-4-5-20(26(27,28)29)19(21)16-35-9-13-41(38,39)14-10-35/h4-6,15,17,32H,7-14,16H2,1-3H3/b30-17+. The molecule has 1 aromatic carbocycles. The van der Waals surface area contributed by atoms with Crippen LogP contribution in [0.3, 0.4) is 0 Å². The Balaban J connectivity index is 1.59. The van der Waals surface area contributed by atoms with Crippen molar-refractivity contribution in [3.63, 3.8) is 0 Å². The molecule has 0 spiro atoms. The van der Waals surface area contributed by atoms with E-state index < -0.39 is 21.6 Å². The van der Waals surface area contributed by atoms with Gasteiger partial charge in [-0.15, -0.1) is 5.10 Å². The zero-order valence-electron chi connectivity index (χ0n) is 23.1. The highest BCUT2D eigenvalue weighted by Crippen LogP contribution is 2.38. The van der Waals surface area contributed by atoms with Crippen LogP contribution in [0.25, 0.3) is 5.65 Å². The maximum atomic E-state index is 14.2. The Bertz CT molecular complexity index is 1540. The van der Waals surface area contributed by atoms with Crippen LogP contribution in [-0.2, 0) is 27.3 Å². The van der Waals surface area contributed by atoms with Gasteiger partial charge in [0.15, 0.2) is 27.1 Å². The Hall–Kier alpha value is -3.43. The summed E-state index contributed by atoms with van der Waals surface area (Å²) in [7, 11) is 0.516. The van der Waals surface area contributed by atoms with Gasteiger partial charge in [-0.25, -0.2) is 18.4 Å². The number of hydrogen-bond donors (Lipinski definition) is 1. The van der Waals surface area contributed by atoms with Crippen molar-refractivity contribution in [3.8, 4) is 0 Å². The lowest BCUT2D eigenvalue weighted by molar-refractivity contribution is -0.138. The number of aryl methyl sites for hydroxylation is 1. The van der Waals surface area contributed by atoms with Crippen LogP contribution in [0.15, 0.2) is 29.3 Å². The molecule has 1 N–H and O–H groups in total. The summed E-state index contributed by atoms with van der Waals surface area (Å²) in [5, 5.41) is 8.00. The van der Waals surface area contributed by atoms with Crippen molar-refractivity contribution in [3.05, 3.63) is 41.1 Å². The Labute approximate surface area is 236 Å². The number of alkyl halides is 3. The summed E-state index contributed by atoms with van der Waals surface area (Å²) in [6.45, 7) is 4.40. The minimum Gasteiger partial charge on any atom is -0.378 e. The summed E-state index contributed by atoms with van der Waals surface area (Å²) in [5.74, 6) is 0.894. The highest BCUT2D eigenvalue weighted by atomic mass is 32.2.